The number of aromatic hydroxyl groups is 1. The summed E-state index contributed by atoms with van der Waals surface area (Å²) in [5.41, 5.74) is 1.08. The zero-order valence-electron chi connectivity index (χ0n) is 18.0. The summed E-state index contributed by atoms with van der Waals surface area (Å²) < 4.78 is 5.80. The molecule has 6 heteroatoms. The van der Waals surface area contributed by atoms with Crippen LogP contribution in [0.15, 0.2) is 41.3 Å². The highest BCUT2D eigenvalue weighted by Crippen LogP contribution is 2.33. The van der Waals surface area contributed by atoms with Gasteiger partial charge in [-0.3, -0.25) is 4.79 Å². The summed E-state index contributed by atoms with van der Waals surface area (Å²) in [6, 6.07) is 10.3. The SMILES string of the molecule is Cc1c(OCCCCSc2cccc(C(=O)O)c2)ccc(C(=O)CC(C)(C)C)c1O. The van der Waals surface area contributed by atoms with Gasteiger partial charge < -0.3 is 14.9 Å². The standard InChI is InChI=1S/C24H30O5S/c1-16-21(11-10-19(22(16)26)20(25)15-24(2,3)4)29-12-5-6-13-30-18-9-7-8-17(14-18)23(27)28/h7-11,14,26H,5-6,12-13,15H2,1-4H3,(H,27,28). The van der Waals surface area contributed by atoms with Crippen LogP contribution in [0.5, 0.6) is 11.5 Å². The molecule has 2 aromatic carbocycles. The van der Waals surface area contributed by atoms with Gasteiger partial charge in [0.25, 0.3) is 0 Å². The Morgan fingerprint density at radius 2 is 1.83 bits per heavy atom. The van der Waals surface area contributed by atoms with Crippen molar-refractivity contribution in [2.24, 2.45) is 5.41 Å². The van der Waals surface area contributed by atoms with E-state index in [0.29, 0.717) is 35.5 Å². The summed E-state index contributed by atoms with van der Waals surface area (Å²) in [5.74, 6) is 0.447. The Morgan fingerprint density at radius 3 is 2.50 bits per heavy atom. The van der Waals surface area contributed by atoms with Crippen molar-refractivity contribution in [1.29, 1.82) is 0 Å². The van der Waals surface area contributed by atoms with E-state index in [2.05, 4.69) is 0 Å². The Labute approximate surface area is 182 Å². The molecule has 0 bridgehead atoms. The van der Waals surface area contributed by atoms with Crippen molar-refractivity contribution in [2.75, 3.05) is 12.4 Å². The van der Waals surface area contributed by atoms with Gasteiger partial charge in [0, 0.05) is 16.9 Å². The lowest BCUT2D eigenvalue weighted by Crippen LogP contribution is -2.13. The zero-order valence-corrected chi connectivity index (χ0v) is 18.8. The second-order valence-corrected chi connectivity index (χ2v) is 9.65. The Kier molecular flexibility index (Phi) is 8.35. The average molecular weight is 431 g/mol. The monoisotopic (exact) mass is 430 g/mol. The van der Waals surface area contributed by atoms with Crippen LogP contribution in [0.3, 0.4) is 0 Å². The van der Waals surface area contributed by atoms with Crippen LogP contribution in [0.1, 0.15) is 66.3 Å². The van der Waals surface area contributed by atoms with Crippen LogP contribution in [-0.2, 0) is 0 Å². The number of unbranched alkanes of at least 4 members (excludes halogenated alkanes) is 1. The first kappa shape index (κ1) is 23.8. The summed E-state index contributed by atoms with van der Waals surface area (Å²) in [6.45, 7) is 8.24. The highest BCUT2D eigenvalue weighted by molar-refractivity contribution is 7.99. The van der Waals surface area contributed by atoms with E-state index in [1.807, 2.05) is 26.8 Å². The zero-order chi connectivity index (χ0) is 22.3. The minimum Gasteiger partial charge on any atom is -0.507 e. The third-order valence-corrected chi connectivity index (χ3v) is 5.60. The number of carboxylic acid groups (broad SMARTS) is 1. The Hall–Kier alpha value is -2.47. The quantitative estimate of drug-likeness (QED) is 0.274. The highest BCUT2D eigenvalue weighted by Gasteiger charge is 2.21. The molecule has 0 unspecified atom stereocenters. The molecule has 0 saturated carbocycles. The number of Topliss-reactive ketones (excluding diaryl/α,β-unsaturated/α-hetero) is 1. The number of carbonyl (C=O) groups excluding carboxylic acids is 1. The fourth-order valence-electron chi connectivity index (χ4n) is 2.94. The number of ether oxygens (including phenoxy) is 1. The van der Waals surface area contributed by atoms with Gasteiger partial charge >= 0.3 is 5.97 Å². The van der Waals surface area contributed by atoms with Crippen LogP contribution in [-0.4, -0.2) is 34.3 Å². The number of hydrogen-bond acceptors (Lipinski definition) is 5. The lowest BCUT2D eigenvalue weighted by Gasteiger charge is -2.18. The van der Waals surface area contributed by atoms with Gasteiger partial charge in [0.2, 0.25) is 0 Å². The Morgan fingerprint density at radius 1 is 1.10 bits per heavy atom. The van der Waals surface area contributed by atoms with Gasteiger partial charge in [0.1, 0.15) is 11.5 Å². The van der Waals surface area contributed by atoms with Gasteiger partial charge in [0.05, 0.1) is 17.7 Å². The van der Waals surface area contributed by atoms with Crippen molar-refractivity contribution in [3.63, 3.8) is 0 Å². The van der Waals surface area contributed by atoms with Crippen LogP contribution in [0.25, 0.3) is 0 Å². The normalized spacial score (nSPS) is 11.3. The number of carbonyl (C=O) groups is 2. The largest absolute Gasteiger partial charge is 0.507 e. The molecular formula is C24H30O5S. The fourth-order valence-corrected chi connectivity index (χ4v) is 3.90. The Balaban J connectivity index is 1.81. The third-order valence-electron chi connectivity index (χ3n) is 4.52. The summed E-state index contributed by atoms with van der Waals surface area (Å²) in [5, 5.41) is 19.5. The molecule has 0 radical (unpaired) electrons. The fraction of sp³-hybridized carbons (Fsp3) is 0.417. The first-order chi connectivity index (χ1) is 14.1. The van der Waals surface area contributed by atoms with E-state index < -0.39 is 5.97 Å². The number of rotatable bonds is 10. The summed E-state index contributed by atoms with van der Waals surface area (Å²) in [7, 11) is 0. The van der Waals surface area contributed by atoms with E-state index in [4.69, 9.17) is 9.84 Å². The molecule has 162 valence electrons. The molecule has 30 heavy (non-hydrogen) atoms. The predicted octanol–water partition coefficient (Wildman–Crippen LogP) is 5.97. The average Bonchev–Trinajstić information content (AvgIpc) is 2.66. The van der Waals surface area contributed by atoms with Crippen LogP contribution >= 0.6 is 11.8 Å². The van der Waals surface area contributed by atoms with E-state index in [9.17, 15) is 14.7 Å². The molecule has 5 nitrogen and oxygen atoms in total. The molecule has 0 atom stereocenters. The first-order valence-corrected chi connectivity index (χ1v) is 11.0. The minimum absolute atomic E-state index is 0.00406. The number of aromatic carboxylic acids is 1. The number of phenolic OH excluding ortho intramolecular Hbond substituents is 1. The van der Waals surface area contributed by atoms with E-state index in [-0.39, 0.29) is 16.9 Å². The van der Waals surface area contributed by atoms with Gasteiger partial charge in [-0.15, -0.1) is 11.8 Å². The van der Waals surface area contributed by atoms with E-state index in [0.717, 1.165) is 23.5 Å². The lowest BCUT2D eigenvalue weighted by atomic mass is 9.87. The summed E-state index contributed by atoms with van der Waals surface area (Å²) in [6.07, 6.45) is 2.11. The number of phenols is 1. The second kappa shape index (κ2) is 10.5. The highest BCUT2D eigenvalue weighted by atomic mass is 32.2. The van der Waals surface area contributed by atoms with Gasteiger partial charge in [-0.25, -0.2) is 4.79 Å². The predicted molar refractivity (Wildman–Crippen MR) is 120 cm³/mol. The molecule has 2 N–H and O–H groups in total. The summed E-state index contributed by atoms with van der Waals surface area (Å²) >= 11 is 1.62. The first-order valence-electron chi connectivity index (χ1n) is 10.0. The number of ketones is 1. The molecular weight excluding hydrogens is 400 g/mol. The molecule has 0 aliphatic rings. The van der Waals surface area contributed by atoms with Crippen LogP contribution in [0, 0.1) is 12.3 Å². The van der Waals surface area contributed by atoms with E-state index >= 15 is 0 Å². The Bertz CT molecular complexity index is 899. The van der Waals surface area contributed by atoms with Crippen LogP contribution in [0.4, 0.5) is 0 Å². The molecule has 0 heterocycles. The molecule has 0 amide bonds. The van der Waals surface area contributed by atoms with E-state index in [1.165, 1.54) is 0 Å². The van der Waals surface area contributed by atoms with Crippen molar-refractivity contribution in [3.8, 4) is 11.5 Å². The topological polar surface area (TPSA) is 83.8 Å². The number of carboxylic acids is 1. The lowest BCUT2D eigenvalue weighted by molar-refractivity contribution is 0.0696. The van der Waals surface area contributed by atoms with Crippen LogP contribution < -0.4 is 4.74 Å². The van der Waals surface area contributed by atoms with Crippen LogP contribution in [0.2, 0.25) is 0 Å². The number of thioether (sulfide) groups is 1. The number of hydrogen-bond donors (Lipinski definition) is 2. The molecule has 0 aromatic heterocycles. The van der Waals surface area contributed by atoms with Crippen molar-refractivity contribution < 1.29 is 24.5 Å². The van der Waals surface area contributed by atoms with Crippen molar-refractivity contribution in [2.45, 2.75) is 51.9 Å². The van der Waals surface area contributed by atoms with Crippen molar-refractivity contribution in [1.82, 2.24) is 0 Å². The van der Waals surface area contributed by atoms with Crippen molar-refractivity contribution in [3.05, 3.63) is 53.1 Å². The van der Waals surface area contributed by atoms with E-state index in [1.54, 1.807) is 49.0 Å². The molecule has 2 rings (SSSR count). The van der Waals surface area contributed by atoms with Crippen molar-refractivity contribution >= 4 is 23.5 Å². The molecule has 0 saturated heterocycles. The molecule has 0 aliphatic heterocycles. The van der Waals surface area contributed by atoms with Gasteiger partial charge in [-0.2, -0.15) is 0 Å². The molecule has 2 aromatic rings. The maximum atomic E-state index is 12.4. The second-order valence-electron chi connectivity index (χ2n) is 8.48. The summed E-state index contributed by atoms with van der Waals surface area (Å²) in [4.78, 5) is 24.4. The number of benzene rings is 2. The molecule has 0 aliphatic carbocycles. The molecule has 0 fully saturated rings. The maximum absolute atomic E-state index is 12.4. The van der Waals surface area contributed by atoms with Gasteiger partial charge in [-0.1, -0.05) is 26.8 Å². The maximum Gasteiger partial charge on any atom is 0.335 e. The van der Waals surface area contributed by atoms with Gasteiger partial charge in [-0.05, 0) is 61.3 Å². The van der Waals surface area contributed by atoms with Gasteiger partial charge in [0.15, 0.2) is 5.78 Å². The third kappa shape index (κ3) is 7.10. The molecule has 0 spiro atoms. The smallest absolute Gasteiger partial charge is 0.335 e. The minimum atomic E-state index is -0.921.